The highest BCUT2D eigenvalue weighted by atomic mass is 32.2. The van der Waals surface area contributed by atoms with Crippen LogP contribution in [0, 0.1) is 5.92 Å². The molecule has 170 valence electrons. The highest BCUT2D eigenvalue weighted by molar-refractivity contribution is 7.89. The quantitative estimate of drug-likeness (QED) is 0.609. The maximum atomic E-state index is 12.9. The van der Waals surface area contributed by atoms with E-state index < -0.39 is 26.7 Å². The molecule has 0 radical (unpaired) electrons. The Morgan fingerprint density at radius 1 is 1.06 bits per heavy atom. The summed E-state index contributed by atoms with van der Waals surface area (Å²) in [5, 5.41) is 0.842. The number of halogens is 3. The lowest BCUT2D eigenvalue weighted by atomic mass is 9.97. The van der Waals surface area contributed by atoms with Gasteiger partial charge in [0.2, 0.25) is 10.0 Å². The van der Waals surface area contributed by atoms with Gasteiger partial charge in [0.15, 0.2) is 5.76 Å². The second-order valence-electron chi connectivity index (χ2n) is 7.76. The average molecular weight is 466 g/mol. The first-order valence-electron chi connectivity index (χ1n) is 10.1. The van der Waals surface area contributed by atoms with Crippen molar-refractivity contribution in [2.45, 2.75) is 23.9 Å². The summed E-state index contributed by atoms with van der Waals surface area (Å²) in [6.45, 7) is 0.961. The molecule has 0 unspecified atom stereocenters. The van der Waals surface area contributed by atoms with Gasteiger partial charge in [0.05, 0.1) is 10.5 Å². The third kappa shape index (κ3) is 4.81. The molecular formula is C22H21F3N2O4S. The van der Waals surface area contributed by atoms with E-state index in [9.17, 15) is 26.4 Å². The Balaban J connectivity index is 1.33. The lowest BCUT2D eigenvalue weighted by Crippen LogP contribution is -2.41. The highest BCUT2D eigenvalue weighted by Gasteiger charge is 2.32. The summed E-state index contributed by atoms with van der Waals surface area (Å²) >= 11 is 0. The Labute approximate surface area is 183 Å². The third-order valence-corrected chi connectivity index (χ3v) is 6.99. The van der Waals surface area contributed by atoms with Crippen molar-refractivity contribution < 1.29 is 30.8 Å². The number of hydrogen-bond donors (Lipinski definition) is 1. The second-order valence-corrected chi connectivity index (χ2v) is 9.53. The number of nitrogens with one attached hydrogen (secondary N) is 1. The minimum atomic E-state index is -4.62. The van der Waals surface area contributed by atoms with Gasteiger partial charge in [-0.3, -0.25) is 4.79 Å². The maximum Gasteiger partial charge on any atom is 0.416 e. The van der Waals surface area contributed by atoms with Gasteiger partial charge in [-0.1, -0.05) is 24.3 Å². The van der Waals surface area contributed by atoms with E-state index in [1.165, 1.54) is 0 Å². The molecule has 1 N–H and O–H groups in total. The van der Waals surface area contributed by atoms with Crippen LogP contribution in [0.3, 0.4) is 0 Å². The number of rotatable bonds is 5. The summed E-state index contributed by atoms with van der Waals surface area (Å²) in [6.07, 6.45) is -3.49. The summed E-state index contributed by atoms with van der Waals surface area (Å²) in [7, 11) is -4.08. The Morgan fingerprint density at radius 2 is 1.78 bits per heavy atom. The number of nitrogens with zero attached hydrogens (tertiary/aromatic N) is 1. The monoisotopic (exact) mass is 466 g/mol. The first-order chi connectivity index (χ1) is 15.1. The number of carbonyl (C=O) groups excluding carboxylic acids is 1. The highest BCUT2D eigenvalue weighted by Crippen LogP contribution is 2.30. The molecule has 1 saturated heterocycles. The van der Waals surface area contributed by atoms with Crippen LogP contribution in [0.5, 0.6) is 0 Å². The van der Waals surface area contributed by atoms with E-state index in [1.54, 1.807) is 17.0 Å². The van der Waals surface area contributed by atoms with Crippen molar-refractivity contribution >= 4 is 26.9 Å². The number of sulfonamides is 1. The molecular weight excluding hydrogens is 445 g/mol. The van der Waals surface area contributed by atoms with Crippen molar-refractivity contribution in [3.63, 3.8) is 0 Å². The molecule has 0 atom stereocenters. The van der Waals surface area contributed by atoms with Crippen LogP contribution < -0.4 is 4.72 Å². The van der Waals surface area contributed by atoms with Crippen LogP contribution in [0.2, 0.25) is 0 Å². The fourth-order valence-corrected chi connectivity index (χ4v) is 4.90. The summed E-state index contributed by atoms with van der Waals surface area (Å²) in [5.41, 5.74) is -0.382. The lowest BCUT2D eigenvalue weighted by Gasteiger charge is -2.31. The largest absolute Gasteiger partial charge is 0.451 e. The number of benzene rings is 2. The summed E-state index contributed by atoms with van der Waals surface area (Å²) < 4.78 is 71.5. The van der Waals surface area contributed by atoms with Crippen LogP contribution in [-0.4, -0.2) is 38.9 Å². The molecule has 0 spiro atoms. The van der Waals surface area contributed by atoms with Gasteiger partial charge >= 0.3 is 6.18 Å². The molecule has 32 heavy (non-hydrogen) atoms. The van der Waals surface area contributed by atoms with E-state index in [0.717, 1.165) is 23.6 Å². The predicted octanol–water partition coefficient (Wildman–Crippen LogP) is 4.28. The lowest BCUT2D eigenvalue weighted by molar-refractivity contribution is -0.137. The minimum absolute atomic E-state index is 0.0321. The Kier molecular flexibility index (Phi) is 6.00. The number of alkyl halides is 3. The third-order valence-electron chi connectivity index (χ3n) is 5.57. The Hall–Kier alpha value is -2.85. The molecule has 4 rings (SSSR count). The van der Waals surface area contributed by atoms with Gasteiger partial charge in [-0.2, -0.15) is 13.2 Å². The van der Waals surface area contributed by atoms with Crippen LogP contribution >= 0.6 is 0 Å². The molecule has 1 amide bonds. The number of amides is 1. The van der Waals surface area contributed by atoms with Gasteiger partial charge in [0, 0.05) is 25.0 Å². The van der Waals surface area contributed by atoms with Crippen molar-refractivity contribution in [1.29, 1.82) is 0 Å². The van der Waals surface area contributed by atoms with Crippen molar-refractivity contribution in [2.24, 2.45) is 5.92 Å². The predicted molar refractivity (Wildman–Crippen MR) is 111 cm³/mol. The van der Waals surface area contributed by atoms with E-state index in [0.29, 0.717) is 37.6 Å². The molecule has 0 saturated carbocycles. The second kappa shape index (κ2) is 8.59. The molecule has 6 nitrogen and oxygen atoms in total. The van der Waals surface area contributed by atoms with Gasteiger partial charge in [0.25, 0.3) is 5.91 Å². The maximum absolute atomic E-state index is 12.9. The van der Waals surface area contributed by atoms with Gasteiger partial charge in [0.1, 0.15) is 5.58 Å². The van der Waals surface area contributed by atoms with Crippen LogP contribution in [0.1, 0.15) is 29.0 Å². The number of fused-ring (bicyclic) bond motifs is 1. The number of likely N-dealkylation sites (tertiary alicyclic amines) is 1. The van der Waals surface area contributed by atoms with Gasteiger partial charge in [-0.05, 0) is 49.1 Å². The van der Waals surface area contributed by atoms with Crippen LogP contribution in [-0.2, 0) is 16.2 Å². The number of para-hydroxylation sites is 1. The SMILES string of the molecule is O=C(c1cc2ccccc2o1)N1CCC(CNS(=O)(=O)c2cccc(C(F)(F)F)c2)CC1. The zero-order valence-electron chi connectivity index (χ0n) is 16.9. The molecule has 0 aliphatic carbocycles. The molecule has 1 fully saturated rings. The van der Waals surface area contributed by atoms with Crippen molar-refractivity contribution in [1.82, 2.24) is 9.62 Å². The normalized spacial score (nSPS) is 15.9. The molecule has 1 aromatic heterocycles. The van der Waals surface area contributed by atoms with Gasteiger partial charge in [-0.15, -0.1) is 0 Å². The zero-order chi connectivity index (χ0) is 22.9. The van der Waals surface area contributed by atoms with E-state index >= 15 is 0 Å². The molecule has 0 bridgehead atoms. The average Bonchev–Trinajstić information content (AvgIpc) is 3.21. The molecule has 3 aromatic rings. The van der Waals surface area contributed by atoms with E-state index in [1.807, 2.05) is 18.2 Å². The Morgan fingerprint density at radius 3 is 2.47 bits per heavy atom. The first-order valence-corrected chi connectivity index (χ1v) is 11.6. The summed E-state index contributed by atoms with van der Waals surface area (Å²) in [4.78, 5) is 14.0. The van der Waals surface area contributed by atoms with Crippen molar-refractivity contribution in [3.8, 4) is 0 Å². The molecule has 2 aromatic carbocycles. The topological polar surface area (TPSA) is 79.6 Å². The van der Waals surface area contributed by atoms with Crippen molar-refractivity contribution in [3.05, 3.63) is 65.9 Å². The summed E-state index contributed by atoms with van der Waals surface area (Å²) in [6, 6.07) is 12.7. The first kappa shape index (κ1) is 22.3. The zero-order valence-corrected chi connectivity index (χ0v) is 17.7. The van der Waals surface area contributed by atoms with Crippen LogP contribution in [0.4, 0.5) is 13.2 Å². The fraction of sp³-hybridized carbons (Fsp3) is 0.318. The molecule has 1 aliphatic rings. The minimum Gasteiger partial charge on any atom is -0.451 e. The van der Waals surface area contributed by atoms with Crippen LogP contribution in [0.25, 0.3) is 11.0 Å². The Bertz CT molecular complexity index is 1200. The molecule has 1 aliphatic heterocycles. The number of hydrogen-bond acceptors (Lipinski definition) is 4. The van der Waals surface area contributed by atoms with Crippen molar-refractivity contribution in [2.75, 3.05) is 19.6 Å². The number of furan rings is 1. The fourth-order valence-electron chi connectivity index (χ4n) is 3.73. The smallest absolute Gasteiger partial charge is 0.416 e. The van der Waals surface area contributed by atoms with Gasteiger partial charge < -0.3 is 9.32 Å². The van der Waals surface area contributed by atoms with E-state index in [-0.39, 0.29) is 24.1 Å². The standard InChI is InChI=1S/C22H21F3N2O4S/c23-22(24,25)17-5-3-6-18(13-17)32(29,30)26-14-15-8-10-27(11-9-15)21(28)20-12-16-4-1-2-7-19(16)31-20/h1-7,12-13,15,26H,8-11,14H2. The number of carbonyl (C=O) groups is 1. The summed E-state index contributed by atoms with van der Waals surface area (Å²) in [5.74, 6) is 0.00870. The molecule has 10 heteroatoms. The van der Waals surface area contributed by atoms with E-state index in [2.05, 4.69) is 4.72 Å². The van der Waals surface area contributed by atoms with Crippen LogP contribution in [0.15, 0.2) is 63.9 Å². The molecule has 2 heterocycles. The van der Waals surface area contributed by atoms with E-state index in [4.69, 9.17) is 4.42 Å². The number of piperidine rings is 1. The van der Waals surface area contributed by atoms with Gasteiger partial charge in [-0.25, -0.2) is 13.1 Å².